The molecule has 0 aliphatic carbocycles. The molecule has 0 aliphatic heterocycles. The smallest absolute Gasteiger partial charge is 0.0311 e. The molecule has 2 rings (SSSR count). The number of thioether (sulfide) groups is 1. The van der Waals surface area contributed by atoms with Crippen molar-refractivity contribution in [2.45, 2.75) is 37.2 Å². The van der Waals surface area contributed by atoms with Gasteiger partial charge in [0.25, 0.3) is 0 Å². The Labute approximate surface area is 139 Å². The molecule has 2 aromatic rings. The first-order valence-electron chi connectivity index (χ1n) is 8.08. The molecule has 0 spiro atoms. The molecular formula is C20H27NS. The maximum atomic E-state index is 6.22. The minimum atomic E-state index is 0.145. The van der Waals surface area contributed by atoms with Crippen molar-refractivity contribution < 1.29 is 0 Å². The fourth-order valence-corrected chi connectivity index (χ4v) is 4.07. The van der Waals surface area contributed by atoms with Crippen LogP contribution in [0, 0.1) is 5.92 Å². The standard InChI is InChI=1S/C20H27NS/c1-17(2)20(16-21,14-13-18-9-5-3-6-10-18)22-15-19-11-7-4-8-12-19/h3-12,17H,13-16,21H2,1-2H3. The Kier molecular flexibility index (Phi) is 6.53. The Balaban J connectivity index is 2.03. The third-order valence-electron chi connectivity index (χ3n) is 4.45. The number of nitrogens with two attached hydrogens (primary N) is 1. The first kappa shape index (κ1) is 17.1. The van der Waals surface area contributed by atoms with Crippen molar-refractivity contribution >= 4 is 11.8 Å². The average Bonchev–Trinajstić information content (AvgIpc) is 2.57. The van der Waals surface area contributed by atoms with Gasteiger partial charge in [0.1, 0.15) is 0 Å². The van der Waals surface area contributed by atoms with E-state index in [0.717, 1.165) is 25.1 Å². The Bertz CT molecular complexity index is 493. The second-order valence-electron chi connectivity index (χ2n) is 6.18. The van der Waals surface area contributed by atoms with Crippen molar-refractivity contribution in [1.82, 2.24) is 0 Å². The fourth-order valence-electron chi connectivity index (χ4n) is 2.73. The van der Waals surface area contributed by atoms with Crippen LogP contribution in [0.25, 0.3) is 0 Å². The molecule has 0 amide bonds. The van der Waals surface area contributed by atoms with Gasteiger partial charge in [-0.15, -0.1) is 11.8 Å². The zero-order valence-corrected chi connectivity index (χ0v) is 14.5. The van der Waals surface area contributed by atoms with Gasteiger partial charge in [0.05, 0.1) is 0 Å². The molecule has 0 saturated heterocycles. The molecule has 22 heavy (non-hydrogen) atoms. The van der Waals surface area contributed by atoms with Crippen molar-refractivity contribution in [2.75, 3.05) is 6.54 Å². The monoisotopic (exact) mass is 313 g/mol. The van der Waals surface area contributed by atoms with Crippen molar-refractivity contribution in [3.8, 4) is 0 Å². The van der Waals surface area contributed by atoms with E-state index in [1.807, 2.05) is 11.8 Å². The Morgan fingerprint density at radius 1 is 0.909 bits per heavy atom. The Hall–Kier alpha value is -1.25. The highest BCUT2D eigenvalue weighted by Gasteiger charge is 2.32. The zero-order chi connectivity index (χ0) is 15.8. The predicted octanol–water partition coefficient (Wildman–Crippen LogP) is 4.91. The first-order valence-corrected chi connectivity index (χ1v) is 9.07. The molecule has 1 unspecified atom stereocenters. The summed E-state index contributed by atoms with van der Waals surface area (Å²) in [7, 11) is 0. The van der Waals surface area contributed by atoms with Crippen LogP contribution in [0.2, 0.25) is 0 Å². The predicted molar refractivity (Wildman–Crippen MR) is 99.1 cm³/mol. The molecule has 0 bridgehead atoms. The molecule has 0 radical (unpaired) electrons. The summed E-state index contributed by atoms with van der Waals surface area (Å²) in [6.07, 6.45) is 2.22. The van der Waals surface area contributed by atoms with E-state index in [1.165, 1.54) is 11.1 Å². The van der Waals surface area contributed by atoms with Gasteiger partial charge < -0.3 is 5.73 Å². The molecule has 0 aromatic heterocycles. The molecule has 118 valence electrons. The average molecular weight is 314 g/mol. The second kappa shape index (κ2) is 8.40. The third kappa shape index (κ3) is 4.62. The van der Waals surface area contributed by atoms with E-state index < -0.39 is 0 Å². The lowest BCUT2D eigenvalue weighted by molar-refractivity contribution is 0.415. The van der Waals surface area contributed by atoms with Gasteiger partial charge in [-0.1, -0.05) is 74.5 Å². The fraction of sp³-hybridized carbons (Fsp3) is 0.400. The van der Waals surface area contributed by atoms with Crippen molar-refractivity contribution in [3.63, 3.8) is 0 Å². The van der Waals surface area contributed by atoms with Crippen LogP contribution in [0.3, 0.4) is 0 Å². The molecule has 2 N–H and O–H groups in total. The van der Waals surface area contributed by atoms with Crippen LogP contribution in [-0.2, 0) is 12.2 Å². The molecule has 0 saturated carbocycles. The van der Waals surface area contributed by atoms with Crippen LogP contribution in [0.5, 0.6) is 0 Å². The van der Waals surface area contributed by atoms with Crippen molar-refractivity contribution in [1.29, 1.82) is 0 Å². The lowest BCUT2D eigenvalue weighted by atomic mass is 9.88. The molecule has 0 aliphatic rings. The van der Waals surface area contributed by atoms with Gasteiger partial charge in [-0.3, -0.25) is 0 Å². The maximum absolute atomic E-state index is 6.22. The van der Waals surface area contributed by atoms with E-state index >= 15 is 0 Å². The molecular weight excluding hydrogens is 286 g/mol. The van der Waals surface area contributed by atoms with Gasteiger partial charge in [0, 0.05) is 17.0 Å². The number of aryl methyl sites for hydroxylation is 1. The van der Waals surface area contributed by atoms with Gasteiger partial charge in [-0.25, -0.2) is 0 Å². The van der Waals surface area contributed by atoms with Gasteiger partial charge in [0.15, 0.2) is 0 Å². The topological polar surface area (TPSA) is 26.0 Å². The van der Waals surface area contributed by atoms with Crippen LogP contribution < -0.4 is 5.73 Å². The van der Waals surface area contributed by atoms with Gasteiger partial charge in [-0.2, -0.15) is 0 Å². The second-order valence-corrected chi connectivity index (χ2v) is 7.57. The number of rotatable bonds is 8. The largest absolute Gasteiger partial charge is 0.329 e. The van der Waals surface area contributed by atoms with Crippen molar-refractivity contribution in [2.24, 2.45) is 11.7 Å². The highest BCUT2D eigenvalue weighted by atomic mass is 32.2. The number of hydrogen-bond donors (Lipinski definition) is 1. The molecule has 1 atom stereocenters. The minimum Gasteiger partial charge on any atom is -0.329 e. The normalized spacial score (nSPS) is 14.0. The summed E-state index contributed by atoms with van der Waals surface area (Å²) in [5.41, 5.74) is 9.00. The van der Waals surface area contributed by atoms with Crippen LogP contribution >= 0.6 is 11.8 Å². The van der Waals surface area contributed by atoms with E-state index in [9.17, 15) is 0 Å². The molecule has 2 aromatic carbocycles. The SMILES string of the molecule is CC(C)C(CN)(CCc1ccccc1)SCc1ccccc1. The minimum absolute atomic E-state index is 0.145. The number of benzene rings is 2. The van der Waals surface area contributed by atoms with Gasteiger partial charge >= 0.3 is 0 Å². The first-order chi connectivity index (χ1) is 10.7. The van der Waals surface area contributed by atoms with Crippen LogP contribution in [0.4, 0.5) is 0 Å². The summed E-state index contributed by atoms with van der Waals surface area (Å²) >= 11 is 2.02. The summed E-state index contributed by atoms with van der Waals surface area (Å²) in [6, 6.07) is 21.4. The van der Waals surface area contributed by atoms with Crippen LogP contribution in [0.15, 0.2) is 60.7 Å². The lowest BCUT2D eigenvalue weighted by Gasteiger charge is -2.36. The van der Waals surface area contributed by atoms with Gasteiger partial charge in [-0.05, 0) is 29.9 Å². The number of hydrogen-bond acceptors (Lipinski definition) is 2. The Morgan fingerprint density at radius 2 is 1.45 bits per heavy atom. The van der Waals surface area contributed by atoms with Crippen LogP contribution in [-0.4, -0.2) is 11.3 Å². The molecule has 0 heterocycles. The zero-order valence-electron chi connectivity index (χ0n) is 13.7. The van der Waals surface area contributed by atoms with E-state index in [0.29, 0.717) is 5.92 Å². The summed E-state index contributed by atoms with van der Waals surface area (Å²) in [6.45, 7) is 5.33. The lowest BCUT2D eigenvalue weighted by Crippen LogP contribution is -2.40. The van der Waals surface area contributed by atoms with Gasteiger partial charge in [0.2, 0.25) is 0 Å². The summed E-state index contributed by atoms with van der Waals surface area (Å²) in [4.78, 5) is 0. The Morgan fingerprint density at radius 3 is 1.95 bits per heavy atom. The summed E-state index contributed by atoms with van der Waals surface area (Å²) < 4.78 is 0.145. The summed E-state index contributed by atoms with van der Waals surface area (Å²) in [5.74, 6) is 1.60. The van der Waals surface area contributed by atoms with Crippen molar-refractivity contribution in [3.05, 3.63) is 71.8 Å². The molecule has 1 nitrogen and oxygen atoms in total. The van der Waals surface area contributed by atoms with Crippen LogP contribution in [0.1, 0.15) is 31.4 Å². The quantitative estimate of drug-likeness (QED) is 0.749. The highest BCUT2D eigenvalue weighted by Crippen LogP contribution is 2.38. The summed E-state index contributed by atoms with van der Waals surface area (Å²) in [5, 5.41) is 0. The molecule has 0 fully saturated rings. The highest BCUT2D eigenvalue weighted by molar-refractivity contribution is 7.99. The third-order valence-corrected chi connectivity index (χ3v) is 6.34. The van der Waals surface area contributed by atoms with E-state index in [1.54, 1.807) is 0 Å². The molecule has 2 heteroatoms. The van der Waals surface area contributed by atoms with E-state index in [-0.39, 0.29) is 4.75 Å². The van der Waals surface area contributed by atoms with E-state index in [4.69, 9.17) is 5.73 Å². The van der Waals surface area contributed by atoms with E-state index in [2.05, 4.69) is 74.5 Å². The maximum Gasteiger partial charge on any atom is 0.0311 e.